The summed E-state index contributed by atoms with van der Waals surface area (Å²) < 4.78 is 0. The van der Waals surface area contributed by atoms with Gasteiger partial charge in [0.15, 0.2) is 0 Å². The van der Waals surface area contributed by atoms with Gasteiger partial charge in [0.1, 0.15) is 0 Å². The van der Waals surface area contributed by atoms with Crippen molar-refractivity contribution in [3.8, 4) is 0 Å². The van der Waals surface area contributed by atoms with Crippen LogP contribution in [0.3, 0.4) is 0 Å². The summed E-state index contributed by atoms with van der Waals surface area (Å²) in [5, 5.41) is 35.6. The Labute approximate surface area is 188 Å². The van der Waals surface area contributed by atoms with E-state index in [9.17, 15) is 0 Å². The summed E-state index contributed by atoms with van der Waals surface area (Å²) in [4.78, 5) is 35.6. The van der Waals surface area contributed by atoms with Crippen LogP contribution in [0.4, 0.5) is 0 Å². The van der Waals surface area contributed by atoms with Crippen LogP contribution in [0.25, 0.3) is 0 Å². The van der Waals surface area contributed by atoms with Crippen molar-refractivity contribution in [3.63, 3.8) is 0 Å². The summed E-state index contributed by atoms with van der Waals surface area (Å²) in [6.45, 7) is 3.89. The van der Waals surface area contributed by atoms with E-state index in [1.54, 1.807) is 12.1 Å². The van der Waals surface area contributed by atoms with Crippen LogP contribution in [0, 0.1) is 48.5 Å². The number of carbonyl (C=O) groups excluding carboxylic acids is 4. The normalized spacial score (nSPS) is 6.43. The molecule has 0 amide bonds. The molecular weight excluding hydrogens is 446 g/mol. The molecule has 158 valence electrons. The zero-order valence-corrected chi connectivity index (χ0v) is 18.1. The van der Waals surface area contributed by atoms with Gasteiger partial charge in [-0.3, -0.25) is 0 Å². The second-order valence-electron chi connectivity index (χ2n) is 3.33. The second-order valence-corrected chi connectivity index (χ2v) is 3.33. The van der Waals surface area contributed by atoms with E-state index in [0.29, 0.717) is 0 Å². The molecule has 0 aromatic heterocycles. The standard InChI is InChI=1S/2C5H.4C2H4O2.2V/c2*1-2-4-5-3-1;4*1-2(3)4;;/h2*1H;4*1H3,(H,3,4);;/q2*-5;;;;;;/p-4. The van der Waals surface area contributed by atoms with Gasteiger partial charge in [-0.2, -0.15) is 0 Å². The Morgan fingerprint density at radius 1 is 0.500 bits per heavy atom. The summed E-state index contributed by atoms with van der Waals surface area (Å²) in [5.74, 6) is -4.33. The molecule has 0 heterocycles. The molecule has 0 aliphatic heterocycles. The Hall–Kier alpha value is -2.25. The molecule has 0 fully saturated rings. The van der Waals surface area contributed by atoms with E-state index in [1.807, 2.05) is 0 Å². The van der Waals surface area contributed by atoms with E-state index < -0.39 is 23.9 Å². The number of aliphatic carboxylic acids is 4. The molecule has 2 radical (unpaired) electrons. The van der Waals surface area contributed by atoms with Gasteiger partial charge in [-0.15, -0.1) is 0 Å². The fraction of sp³-hybridized carbons (Fsp3) is 0.222. The molecular formula is C18H14O8V2-14. The molecule has 0 N–H and O–H groups in total. The maximum Gasteiger partial charge on any atom is 0.0383 e. The van der Waals surface area contributed by atoms with E-state index in [-0.39, 0.29) is 37.1 Å². The molecule has 0 spiro atoms. The zero-order valence-electron chi connectivity index (χ0n) is 15.3. The Balaban J connectivity index is -0.0000000514. The van der Waals surface area contributed by atoms with Crippen LogP contribution < -0.4 is 20.4 Å². The molecule has 2 aromatic rings. The maximum atomic E-state index is 8.89. The van der Waals surface area contributed by atoms with Gasteiger partial charge in [-0.1, -0.05) is 0 Å². The first-order chi connectivity index (χ1) is 11.9. The molecule has 0 saturated heterocycles. The number of carboxylic acid groups (broad SMARTS) is 4. The molecule has 8 nitrogen and oxygen atoms in total. The quantitative estimate of drug-likeness (QED) is 0.362. The fourth-order valence-electron chi connectivity index (χ4n) is 0.361. The second kappa shape index (κ2) is 35.8. The van der Waals surface area contributed by atoms with Crippen LogP contribution in [0.1, 0.15) is 27.7 Å². The first kappa shape index (κ1) is 40.4. The molecule has 0 atom stereocenters. The average molecular weight is 460 g/mol. The number of carboxylic acids is 4. The summed E-state index contributed by atoms with van der Waals surface area (Å²) in [6, 6.07) is 24.0. The van der Waals surface area contributed by atoms with Crippen molar-refractivity contribution >= 4 is 23.9 Å². The Kier molecular flexibility index (Phi) is 51.7. The van der Waals surface area contributed by atoms with Gasteiger partial charge < -0.3 is 100 Å². The largest absolute Gasteiger partial charge is 0.999 e. The molecule has 0 unspecified atom stereocenters. The predicted molar refractivity (Wildman–Crippen MR) is 77.5 cm³/mol. The summed E-state index contributed by atoms with van der Waals surface area (Å²) >= 11 is 0. The molecule has 2 aromatic carbocycles. The van der Waals surface area contributed by atoms with Crippen LogP contribution in [0.2, 0.25) is 0 Å². The zero-order chi connectivity index (χ0) is 21.4. The van der Waals surface area contributed by atoms with Gasteiger partial charge in [0.2, 0.25) is 0 Å². The Morgan fingerprint density at radius 3 is 0.643 bits per heavy atom. The number of carbonyl (C=O) groups is 4. The molecule has 0 aliphatic carbocycles. The first-order valence-corrected chi connectivity index (χ1v) is 6.29. The third-order valence-corrected chi connectivity index (χ3v) is 0.702. The van der Waals surface area contributed by atoms with Crippen molar-refractivity contribution in [2.45, 2.75) is 27.7 Å². The van der Waals surface area contributed by atoms with Crippen LogP contribution in [0.15, 0.2) is 12.1 Å². The summed E-state index contributed by atoms with van der Waals surface area (Å²) in [5.41, 5.74) is 0. The smallest absolute Gasteiger partial charge is 0.0383 e. The molecule has 28 heavy (non-hydrogen) atoms. The van der Waals surface area contributed by atoms with E-state index in [0.717, 1.165) is 27.7 Å². The van der Waals surface area contributed by atoms with Gasteiger partial charge in [-0.25, -0.2) is 0 Å². The SMILES string of the molecule is CC(=O)[O-].CC(=O)[O-].CC(=O)[O-].CC(=O)[O-].[V].[V].[c-]1[c-][c-][cH-][c-]1.[c-]1[c-][c-][cH-][c-]1. The van der Waals surface area contributed by atoms with Crippen LogP contribution in [-0.2, 0) is 56.3 Å². The molecule has 2 rings (SSSR count). The molecule has 0 bridgehead atoms. The Morgan fingerprint density at radius 2 is 0.607 bits per heavy atom. The number of hydrogen-bond donors (Lipinski definition) is 0. The van der Waals surface area contributed by atoms with Gasteiger partial charge in [0.05, 0.1) is 0 Å². The van der Waals surface area contributed by atoms with Crippen molar-refractivity contribution < 1.29 is 76.7 Å². The van der Waals surface area contributed by atoms with E-state index in [4.69, 9.17) is 39.6 Å². The third kappa shape index (κ3) is 205. The first-order valence-electron chi connectivity index (χ1n) is 6.29. The van der Waals surface area contributed by atoms with E-state index >= 15 is 0 Å². The third-order valence-electron chi connectivity index (χ3n) is 0.702. The van der Waals surface area contributed by atoms with Crippen molar-refractivity contribution in [2.24, 2.45) is 0 Å². The van der Waals surface area contributed by atoms with E-state index in [1.165, 1.54) is 0 Å². The monoisotopic (exact) mass is 460 g/mol. The predicted octanol–water partition coefficient (Wildman–Crippen LogP) is -3.77. The minimum absolute atomic E-state index is 0. The van der Waals surface area contributed by atoms with Gasteiger partial charge in [0, 0.05) is 61.0 Å². The fourth-order valence-corrected chi connectivity index (χ4v) is 0.361. The summed E-state index contributed by atoms with van der Waals surface area (Å²) in [6.07, 6.45) is 0. The van der Waals surface area contributed by atoms with Crippen LogP contribution in [-0.4, -0.2) is 23.9 Å². The minimum Gasteiger partial charge on any atom is -0.999 e. The molecule has 0 saturated carbocycles. The van der Waals surface area contributed by atoms with Crippen molar-refractivity contribution in [3.05, 3.63) is 60.7 Å². The number of hydrogen-bond acceptors (Lipinski definition) is 8. The molecule has 0 aliphatic rings. The number of rotatable bonds is 0. The molecule has 10 heteroatoms. The van der Waals surface area contributed by atoms with Crippen molar-refractivity contribution in [1.82, 2.24) is 0 Å². The van der Waals surface area contributed by atoms with Crippen LogP contribution >= 0.6 is 0 Å². The van der Waals surface area contributed by atoms with Crippen LogP contribution in [0.5, 0.6) is 0 Å². The van der Waals surface area contributed by atoms with Gasteiger partial charge in [0.25, 0.3) is 0 Å². The average Bonchev–Trinajstić information content (AvgIpc) is 3.16. The Bertz CT molecular complexity index is 413. The minimum atomic E-state index is -1.08. The van der Waals surface area contributed by atoms with Gasteiger partial charge in [-0.05, 0) is 27.7 Å². The van der Waals surface area contributed by atoms with E-state index in [2.05, 4.69) is 48.5 Å². The van der Waals surface area contributed by atoms with Crippen molar-refractivity contribution in [2.75, 3.05) is 0 Å². The maximum absolute atomic E-state index is 8.89. The topological polar surface area (TPSA) is 161 Å². The van der Waals surface area contributed by atoms with Crippen molar-refractivity contribution in [1.29, 1.82) is 0 Å². The summed E-state index contributed by atoms with van der Waals surface area (Å²) in [7, 11) is 0. The van der Waals surface area contributed by atoms with Gasteiger partial charge >= 0.3 is 0 Å².